The van der Waals surface area contributed by atoms with E-state index in [4.69, 9.17) is 4.74 Å². The topological polar surface area (TPSA) is 115 Å². The first-order valence-electron chi connectivity index (χ1n) is 12.4. The number of fused-ring (bicyclic) bond motifs is 2. The van der Waals surface area contributed by atoms with Gasteiger partial charge in [-0.3, -0.25) is 9.59 Å². The maximum absolute atomic E-state index is 14.0. The number of amides is 1. The van der Waals surface area contributed by atoms with Crippen molar-refractivity contribution in [2.75, 3.05) is 20.3 Å². The van der Waals surface area contributed by atoms with Gasteiger partial charge < -0.3 is 9.64 Å². The van der Waals surface area contributed by atoms with Gasteiger partial charge in [-0.1, -0.05) is 29.5 Å². The summed E-state index contributed by atoms with van der Waals surface area (Å²) >= 11 is 0. The Labute approximate surface area is 220 Å². The molecule has 0 radical (unpaired) electrons. The van der Waals surface area contributed by atoms with Gasteiger partial charge in [0.1, 0.15) is 11.9 Å². The van der Waals surface area contributed by atoms with Gasteiger partial charge in [0.2, 0.25) is 15.9 Å². The van der Waals surface area contributed by atoms with Crippen molar-refractivity contribution in [3.05, 3.63) is 77.9 Å². The number of carbonyl (C=O) groups is 2. The molecule has 0 aliphatic carbocycles. The van der Waals surface area contributed by atoms with Crippen molar-refractivity contribution in [2.45, 2.75) is 42.8 Å². The predicted molar refractivity (Wildman–Crippen MR) is 134 cm³/mol. The van der Waals surface area contributed by atoms with Gasteiger partial charge in [-0.25, -0.2) is 12.8 Å². The van der Waals surface area contributed by atoms with Gasteiger partial charge >= 0.3 is 0 Å². The molecule has 10 nitrogen and oxygen atoms in total. The first-order chi connectivity index (χ1) is 18.3. The molecule has 200 valence electrons. The second kappa shape index (κ2) is 10.7. The minimum Gasteiger partial charge on any atom is -0.384 e. The van der Waals surface area contributed by atoms with Crippen LogP contribution in [0.5, 0.6) is 0 Å². The zero-order valence-corrected chi connectivity index (χ0v) is 21.6. The third-order valence-corrected chi connectivity index (χ3v) is 9.08. The molecule has 2 saturated heterocycles. The number of carbonyl (C=O) groups excluding carboxylic acids is 2. The molecule has 2 fully saturated rings. The summed E-state index contributed by atoms with van der Waals surface area (Å²) in [6.07, 6.45) is 2.97. The quantitative estimate of drug-likeness (QED) is 0.451. The van der Waals surface area contributed by atoms with E-state index in [9.17, 15) is 22.4 Å². The van der Waals surface area contributed by atoms with Gasteiger partial charge in [-0.2, -0.15) is 8.99 Å². The summed E-state index contributed by atoms with van der Waals surface area (Å²) in [5.41, 5.74) is 0.821. The van der Waals surface area contributed by atoms with Crippen LogP contribution in [-0.4, -0.2) is 76.8 Å². The monoisotopic (exact) mass is 541 g/mol. The van der Waals surface area contributed by atoms with Crippen LogP contribution in [-0.2, 0) is 26.1 Å². The second-order valence-electron chi connectivity index (χ2n) is 9.55. The lowest BCUT2D eigenvalue weighted by molar-refractivity contribution is -0.135. The van der Waals surface area contributed by atoms with Crippen LogP contribution < -0.4 is 0 Å². The highest BCUT2D eigenvalue weighted by Crippen LogP contribution is 2.37. The Hall–Kier alpha value is -3.48. The van der Waals surface area contributed by atoms with Crippen molar-refractivity contribution in [3.8, 4) is 0 Å². The summed E-state index contributed by atoms with van der Waals surface area (Å²) in [6, 6.07) is 12.0. The maximum atomic E-state index is 14.0. The number of nitrogens with zero attached hydrogens (tertiary/aromatic N) is 5. The minimum absolute atomic E-state index is 0.0156. The van der Waals surface area contributed by atoms with E-state index in [1.807, 2.05) is 0 Å². The highest BCUT2D eigenvalue weighted by Gasteiger charge is 2.50. The van der Waals surface area contributed by atoms with Crippen molar-refractivity contribution in [1.82, 2.24) is 24.2 Å². The number of methoxy groups -OCH3 is 1. The van der Waals surface area contributed by atoms with Crippen molar-refractivity contribution >= 4 is 21.8 Å². The van der Waals surface area contributed by atoms with Gasteiger partial charge in [-0.15, -0.1) is 5.10 Å². The first kappa shape index (κ1) is 26.1. The molecule has 0 spiro atoms. The highest BCUT2D eigenvalue weighted by atomic mass is 32.2. The van der Waals surface area contributed by atoms with E-state index in [0.717, 1.165) is 10.7 Å². The van der Waals surface area contributed by atoms with Crippen LogP contribution in [0.3, 0.4) is 0 Å². The molecule has 3 aromatic rings. The van der Waals surface area contributed by atoms with E-state index < -0.39 is 27.9 Å². The fourth-order valence-corrected chi connectivity index (χ4v) is 7.36. The zero-order chi connectivity index (χ0) is 26.9. The lowest BCUT2D eigenvalue weighted by Crippen LogP contribution is -2.55. The summed E-state index contributed by atoms with van der Waals surface area (Å²) in [5.74, 6) is -1.78. The molecule has 38 heavy (non-hydrogen) atoms. The number of rotatable bonds is 7. The number of piperidine rings is 1. The molecule has 2 aliphatic heterocycles. The molecular formula is C26H28FN5O5S. The minimum atomic E-state index is -4.19. The molecule has 2 bridgehead atoms. The Bertz CT molecular complexity index is 1430. The van der Waals surface area contributed by atoms with E-state index in [1.54, 1.807) is 35.2 Å². The number of hydrogen-bond donors (Lipinski definition) is 0. The third-order valence-electron chi connectivity index (χ3n) is 7.15. The Morgan fingerprint density at radius 3 is 2.66 bits per heavy atom. The third kappa shape index (κ3) is 4.86. The Balaban J connectivity index is 1.50. The molecular weight excluding hydrogens is 513 g/mol. The van der Waals surface area contributed by atoms with Crippen LogP contribution in [0.4, 0.5) is 4.39 Å². The molecule has 3 atom stereocenters. The van der Waals surface area contributed by atoms with Crippen LogP contribution in [0.1, 0.15) is 35.3 Å². The number of benzene rings is 2. The Kier molecular flexibility index (Phi) is 7.37. The number of ether oxygens (including phenoxy) is 1. The van der Waals surface area contributed by atoms with Gasteiger partial charge in [-0.05, 0) is 49.6 Å². The molecule has 2 aliphatic rings. The zero-order valence-electron chi connectivity index (χ0n) is 20.8. The summed E-state index contributed by atoms with van der Waals surface area (Å²) in [7, 11) is -2.66. The summed E-state index contributed by atoms with van der Waals surface area (Å²) in [6.45, 7) is 0.451. The summed E-state index contributed by atoms with van der Waals surface area (Å²) in [5, 5.41) is 7.84. The van der Waals surface area contributed by atoms with E-state index in [1.165, 1.54) is 35.8 Å². The molecule has 5 rings (SSSR count). The second-order valence-corrected chi connectivity index (χ2v) is 11.4. The standard InChI is InChI=1S/C26H28FN5O5S/c1-37-17-19-15-30(16-21-14-28-29-31(21)25(33)18-7-3-2-4-8-18)26(34)24-12-6-11-23(19)32(24)38(35,36)22-10-5-9-20(27)13-22/h2-5,7-10,13-14,19,23-24H,6,11-12,15-17H2,1H3/t19-,23+,24?/m1/s1. The van der Waals surface area contributed by atoms with Crippen LogP contribution >= 0.6 is 0 Å². The van der Waals surface area contributed by atoms with Gasteiger partial charge in [0.25, 0.3) is 5.91 Å². The average Bonchev–Trinajstić information content (AvgIpc) is 3.37. The smallest absolute Gasteiger partial charge is 0.279 e. The molecule has 1 unspecified atom stereocenters. The highest BCUT2D eigenvalue weighted by molar-refractivity contribution is 7.89. The molecule has 1 aromatic heterocycles. The summed E-state index contributed by atoms with van der Waals surface area (Å²) in [4.78, 5) is 28.3. The largest absolute Gasteiger partial charge is 0.384 e. The van der Waals surface area contributed by atoms with Crippen LogP contribution in [0, 0.1) is 11.7 Å². The SMILES string of the molecule is COC[C@H]1CN(Cc2cnnn2C(=O)c2ccccc2)C(=O)C2CCC[C@@H]1N2S(=O)(=O)c1cccc(F)c1. The normalized spacial score (nSPS) is 22.3. The van der Waals surface area contributed by atoms with Crippen molar-refractivity contribution < 1.29 is 27.1 Å². The van der Waals surface area contributed by atoms with Gasteiger partial charge in [0.15, 0.2) is 0 Å². The Morgan fingerprint density at radius 2 is 1.92 bits per heavy atom. The average molecular weight is 542 g/mol. The predicted octanol–water partition coefficient (Wildman–Crippen LogP) is 2.32. The van der Waals surface area contributed by atoms with Crippen molar-refractivity contribution in [2.24, 2.45) is 5.92 Å². The van der Waals surface area contributed by atoms with Gasteiger partial charge in [0.05, 0.1) is 29.9 Å². The molecule has 0 N–H and O–H groups in total. The number of halogens is 1. The van der Waals surface area contributed by atoms with E-state index in [2.05, 4.69) is 10.3 Å². The molecule has 12 heteroatoms. The van der Waals surface area contributed by atoms with Crippen LogP contribution in [0.25, 0.3) is 0 Å². The molecule has 3 heterocycles. The fraction of sp³-hybridized carbons (Fsp3) is 0.385. The van der Waals surface area contributed by atoms with E-state index >= 15 is 0 Å². The molecule has 0 saturated carbocycles. The van der Waals surface area contributed by atoms with Crippen LogP contribution in [0.2, 0.25) is 0 Å². The van der Waals surface area contributed by atoms with Crippen LogP contribution in [0.15, 0.2) is 65.7 Å². The first-order valence-corrected chi connectivity index (χ1v) is 13.8. The molecule has 2 aromatic carbocycles. The molecule has 1 amide bonds. The number of aromatic nitrogens is 3. The van der Waals surface area contributed by atoms with Crippen molar-refractivity contribution in [3.63, 3.8) is 0 Å². The Morgan fingerprint density at radius 1 is 1.13 bits per heavy atom. The van der Waals surface area contributed by atoms with E-state index in [0.29, 0.717) is 30.5 Å². The fourth-order valence-electron chi connectivity index (χ4n) is 5.44. The van der Waals surface area contributed by atoms with E-state index in [-0.39, 0.29) is 42.3 Å². The number of sulfonamides is 1. The lowest BCUT2D eigenvalue weighted by Gasteiger charge is -2.40. The summed E-state index contributed by atoms with van der Waals surface area (Å²) < 4.78 is 49.5. The maximum Gasteiger partial charge on any atom is 0.279 e. The number of hydrogen-bond acceptors (Lipinski definition) is 7. The lowest BCUT2D eigenvalue weighted by atomic mass is 9.91. The van der Waals surface area contributed by atoms with Crippen molar-refractivity contribution in [1.29, 1.82) is 0 Å². The van der Waals surface area contributed by atoms with Gasteiger partial charge in [0, 0.05) is 31.2 Å².